The van der Waals surface area contributed by atoms with Crippen LogP contribution in [0.15, 0.2) is 17.1 Å². The Labute approximate surface area is 149 Å². The molecule has 140 valence electrons. The second-order valence-corrected chi connectivity index (χ2v) is 6.19. The molecule has 0 saturated carbocycles. The highest BCUT2D eigenvalue weighted by atomic mass is 16.5. The molecule has 1 atom stereocenters. The number of rotatable bonds is 7. The SMILES string of the molecule is CN=C(NCc1c(OC)cc(OC)cc1OC)NCC1(C)CCCO1. The van der Waals surface area contributed by atoms with Gasteiger partial charge in [-0.3, -0.25) is 4.99 Å². The van der Waals surface area contributed by atoms with Crippen LogP contribution in [0.5, 0.6) is 17.2 Å². The maximum atomic E-state index is 5.80. The van der Waals surface area contributed by atoms with Gasteiger partial charge in [-0.2, -0.15) is 0 Å². The molecule has 0 amide bonds. The van der Waals surface area contributed by atoms with Crippen LogP contribution in [0.25, 0.3) is 0 Å². The smallest absolute Gasteiger partial charge is 0.191 e. The lowest BCUT2D eigenvalue weighted by molar-refractivity contribution is 0.0243. The van der Waals surface area contributed by atoms with E-state index in [-0.39, 0.29) is 5.60 Å². The van der Waals surface area contributed by atoms with Crippen molar-refractivity contribution in [3.05, 3.63) is 17.7 Å². The molecular formula is C18H29N3O4. The van der Waals surface area contributed by atoms with E-state index in [9.17, 15) is 0 Å². The van der Waals surface area contributed by atoms with E-state index in [4.69, 9.17) is 18.9 Å². The van der Waals surface area contributed by atoms with Crippen LogP contribution in [0.1, 0.15) is 25.3 Å². The minimum Gasteiger partial charge on any atom is -0.496 e. The summed E-state index contributed by atoms with van der Waals surface area (Å²) >= 11 is 0. The number of ether oxygens (including phenoxy) is 4. The molecule has 7 nitrogen and oxygen atoms in total. The van der Waals surface area contributed by atoms with Gasteiger partial charge in [-0.05, 0) is 19.8 Å². The van der Waals surface area contributed by atoms with Crippen LogP contribution in [-0.4, -0.2) is 53.1 Å². The first-order valence-electron chi connectivity index (χ1n) is 8.42. The largest absolute Gasteiger partial charge is 0.496 e. The summed E-state index contributed by atoms with van der Waals surface area (Å²) in [4.78, 5) is 4.27. The van der Waals surface area contributed by atoms with Crippen molar-refractivity contribution in [2.75, 3.05) is 41.5 Å². The summed E-state index contributed by atoms with van der Waals surface area (Å²) < 4.78 is 22.0. The van der Waals surface area contributed by atoms with E-state index in [0.29, 0.717) is 36.3 Å². The molecule has 1 aromatic rings. The summed E-state index contributed by atoms with van der Waals surface area (Å²) in [5.74, 6) is 2.79. The zero-order valence-electron chi connectivity index (χ0n) is 15.8. The van der Waals surface area contributed by atoms with E-state index in [2.05, 4.69) is 22.5 Å². The molecular weight excluding hydrogens is 322 g/mol. The minimum absolute atomic E-state index is 0.132. The third-order valence-corrected chi connectivity index (χ3v) is 4.40. The summed E-state index contributed by atoms with van der Waals surface area (Å²) in [5, 5.41) is 6.62. The van der Waals surface area contributed by atoms with Crippen molar-refractivity contribution in [2.24, 2.45) is 4.99 Å². The first kappa shape index (κ1) is 19.2. The monoisotopic (exact) mass is 351 g/mol. The van der Waals surface area contributed by atoms with Crippen LogP contribution in [0.4, 0.5) is 0 Å². The lowest BCUT2D eigenvalue weighted by Gasteiger charge is -2.25. The molecule has 2 rings (SSSR count). The van der Waals surface area contributed by atoms with Crippen LogP contribution in [-0.2, 0) is 11.3 Å². The maximum absolute atomic E-state index is 5.80. The van der Waals surface area contributed by atoms with Gasteiger partial charge in [0, 0.05) is 32.3 Å². The molecule has 7 heteroatoms. The first-order valence-corrected chi connectivity index (χ1v) is 8.42. The number of nitrogens with one attached hydrogen (secondary N) is 2. The number of guanidine groups is 1. The highest BCUT2D eigenvalue weighted by Crippen LogP contribution is 2.33. The highest BCUT2D eigenvalue weighted by molar-refractivity contribution is 5.79. The Morgan fingerprint density at radius 3 is 2.32 bits per heavy atom. The van der Waals surface area contributed by atoms with Gasteiger partial charge in [0.25, 0.3) is 0 Å². The number of hydrogen-bond acceptors (Lipinski definition) is 5. The average molecular weight is 351 g/mol. The van der Waals surface area contributed by atoms with E-state index < -0.39 is 0 Å². The summed E-state index contributed by atoms with van der Waals surface area (Å²) in [6.07, 6.45) is 2.15. The quantitative estimate of drug-likeness (QED) is 0.578. The summed E-state index contributed by atoms with van der Waals surface area (Å²) in [7, 11) is 6.62. The third-order valence-electron chi connectivity index (χ3n) is 4.40. The van der Waals surface area contributed by atoms with Crippen molar-refractivity contribution in [1.29, 1.82) is 0 Å². The average Bonchev–Trinajstić information content (AvgIpc) is 3.08. The minimum atomic E-state index is -0.132. The Bertz CT molecular complexity index is 573. The molecule has 1 heterocycles. The number of hydrogen-bond donors (Lipinski definition) is 2. The Hall–Kier alpha value is -2.15. The van der Waals surface area contributed by atoms with Gasteiger partial charge in [-0.25, -0.2) is 0 Å². The van der Waals surface area contributed by atoms with E-state index in [1.165, 1.54) is 0 Å². The van der Waals surface area contributed by atoms with Gasteiger partial charge in [-0.1, -0.05) is 0 Å². The second kappa shape index (κ2) is 8.80. The molecule has 1 unspecified atom stereocenters. The van der Waals surface area contributed by atoms with Crippen LogP contribution in [0, 0.1) is 0 Å². The van der Waals surface area contributed by atoms with Crippen molar-refractivity contribution in [2.45, 2.75) is 31.9 Å². The van der Waals surface area contributed by atoms with E-state index in [1.54, 1.807) is 28.4 Å². The Kier molecular flexibility index (Phi) is 6.75. The predicted octanol–water partition coefficient (Wildman–Crippen LogP) is 1.95. The third kappa shape index (κ3) is 4.92. The van der Waals surface area contributed by atoms with Gasteiger partial charge in [0.1, 0.15) is 17.2 Å². The zero-order valence-corrected chi connectivity index (χ0v) is 15.8. The van der Waals surface area contributed by atoms with Crippen molar-refractivity contribution in [3.8, 4) is 17.2 Å². The Morgan fingerprint density at radius 2 is 1.84 bits per heavy atom. The maximum Gasteiger partial charge on any atom is 0.191 e. The molecule has 25 heavy (non-hydrogen) atoms. The molecule has 1 aromatic carbocycles. The number of benzene rings is 1. The fourth-order valence-electron chi connectivity index (χ4n) is 2.89. The van der Waals surface area contributed by atoms with Gasteiger partial charge in [0.15, 0.2) is 5.96 Å². The van der Waals surface area contributed by atoms with Crippen LogP contribution < -0.4 is 24.8 Å². The van der Waals surface area contributed by atoms with Crippen molar-refractivity contribution in [3.63, 3.8) is 0 Å². The van der Waals surface area contributed by atoms with Crippen molar-refractivity contribution >= 4 is 5.96 Å². The zero-order chi connectivity index (χ0) is 18.3. The standard InChI is InChI=1S/C18H29N3O4/c1-18(7-6-8-25-18)12-21-17(19-2)20-11-14-15(23-4)9-13(22-3)10-16(14)24-5/h9-10H,6-8,11-12H2,1-5H3,(H2,19,20,21). The molecule has 1 aliphatic heterocycles. The molecule has 0 bridgehead atoms. The summed E-state index contributed by atoms with van der Waals surface area (Å²) in [6, 6.07) is 3.67. The highest BCUT2D eigenvalue weighted by Gasteiger charge is 2.29. The van der Waals surface area contributed by atoms with E-state index in [0.717, 1.165) is 25.0 Å². The van der Waals surface area contributed by atoms with Gasteiger partial charge in [0.2, 0.25) is 0 Å². The number of methoxy groups -OCH3 is 3. The molecule has 1 saturated heterocycles. The lowest BCUT2D eigenvalue weighted by Crippen LogP contribution is -2.45. The lowest BCUT2D eigenvalue weighted by atomic mass is 10.0. The molecule has 0 radical (unpaired) electrons. The van der Waals surface area contributed by atoms with Crippen LogP contribution >= 0.6 is 0 Å². The Balaban J connectivity index is 2.03. The summed E-state index contributed by atoms with van der Waals surface area (Å²) in [6.45, 7) is 4.16. The molecule has 0 aromatic heterocycles. The topological polar surface area (TPSA) is 73.3 Å². The fourth-order valence-corrected chi connectivity index (χ4v) is 2.89. The van der Waals surface area contributed by atoms with Gasteiger partial charge in [-0.15, -0.1) is 0 Å². The van der Waals surface area contributed by atoms with E-state index >= 15 is 0 Å². The predicted molar refractivity (Wildman–Crippen MR) is 97.9 cm³/mol. The van der Waals surface area contributed by atoms with Gasteiger partial charge >= 0.3 is 0 Å². The first-order chi connectivity index (χ1) is 12.0. The molecule has 0 aliphatic carbocycles. The molecule has 1 fully saturated rings. The second-order valence-electron chi connectivity index (χ2n) is 6.19. The fraction of sp³-hybridized carbons (Fsp3) is 0.611. The summed E-state index contributed by atoms with van der Waals surface area (Å²) in [5.41, 5.74) is 0.768. The normalized spacial score (nSPS) is 20.3. The molecule has 0 spiro atoms. The number of nitrogens with zero attached hydrogens (tertiary/aromatic N) is 1. The van der Waals surface area contributed by atoms with Gasteiger partial charge < -0.3 is 29.6 Å². The van der Waals surface area contributed by atoms with Crippen LogP contribution in [0.2, 0.25) is 0 Å². The van der Waals surface area contributed by atoms with Crippen molar-refractivity contribution < 1.29 is 18.9 Å². The van der Waals surface area contributed by atoms with Gasteiger partial charge in [0.05, 0.1) is 39.0 Å². The van der Waals surface area contributed by atoms with Crippen molar-refractivity contribution in [1.82, 2.24) is 10.6 Å². The Morgan fingerprint density at radius 1 is 1.16 bits per heavy atom. The molecule has 1 aliphatic rings. The molecule has 2 N–H and O–H groups in total. The van der Waals surface area contributed by atoms with E-state index in [1.807, 2.05) is 12.1 Å². The number of aliphatic imine (C=N–C) groups is 1. The van der Waals surface area contributed by atoms with Crippen LogP contribution in [0.3, 0.4) is 0 Å².